The first-order valence-corrected chi connectivity index (χ1v) is 4.69. The van der Waals surface area contributed by atoms with Gasteiger partial charge in [0.1, 0.15) is 12.7 Å². The van der Waals surface area contributed by atoms with Crippen LogP contribution >= 0.6 is 0 Å². The maximum atomic E-state index is 8.49. The van der Waals surface area contributed by atoms with Crippen LogP contribution in [0.15, 0.2) is 12.4 Å². The van der Waals surface area contributed by atoms with Gasteiger partial charge in [-0.2, -0.15) is 5.26 Å². The zero-order valence-corrected chi connectivity index (χ0v) is 8.80. The third-order valence-corrected chi connectivity index (χ3v) is 1.53. The number of rotatable bonds is 5. The van der Waals surface area contributed by atoms with Crippen molar-refractivity contribution in [2.45, 2.75) is 20.0 Å². The molecule has 0 N–H and O–H groups in total. The lowest BCUT2D eigenvalue weighted by Crippen LogP contribution is -2.11. The van der Waals surface area contributed by atoms with Crippen molar-refractivity contribution < 1.29 is 9.47 Å². The first-order chi connectivity index (χ1) is 7.22. The quantitative estimate of drug-likeness (QED) is 0.677. The summed E-state index contributed by atoms with van der Waals surface area (Å²) in [5, 5.41) is 8.49. The zero-order chi connectivity index (χ0) is 11.1. The summed E-state index contributed by atoms with van der Waals surface area (Å²) in [6, 6.07) is 1.88. The third-order valence-electron chi connectivity index (χ3n) is 1.53. The molecule has 1 aromatic rings. The molecule has 0 atom stereocenters. The summed E-state index contributed by atoms with van der Waals surface area (Å²) in [6.07, 6.45) is 2.99. The summed E-state index contributed by atoms with van der Waals surface area (Å²) in [4.78, 5) is 7.73. The summed E-state index contributed by atoms with van der Waals surface area (Å²) < 4.78 is 10.5. The van der Waals surface area contributed by atoms with E-state index in [0.29, 0.717) is 19.1 Å². The largest absolute Gasteiger partial charge is 0.474 e. The van der Waals surface area contributed by atoms with E-state index in [9.17, 15) is 0 Å². The van der Waals surface area contributed by atoms with Crippen LogP contribution < -0.4 is 4.74 Å². The Labute approximate surface area is 88.7 Å². The summed E-state index contributed by atoms with van der Waals surface area (Å²) in [5.74, 6) is 0.404. The average molecular weight is 207 g/mol. The van der Waals surface area contributed by atoms with Crippen molar-refractivity contribution in [2.24, 2.45) is 0 Å². The van der Waals surface area contributed by atoms with Crippen LogP contribution in [0.2, 0.25) is 0 Å². The van der Waals surface area contributed by atoms with E-state index in [2.05, 4.69) is 9.97 Å². The first kappa shape index (κ1) is 11.4. The van der Waals surface area contributed by atoms with Gasteiger partial charge in [0.2, 0.25) is 5.88 Å². The fourth-order valence-corrected chi connectivity index (χ4v) is 0.879. The van der Waals surface area contributed by atoms with E-state index in [1.54, 1.807) is 0 Å². The molecule has 1 heterocycles. The fraction of sp³-hybridized carbons (Fsp3) is 0.500. The van der Waals surface area contributed by atoms with Crippen molar-refractivity contribution in [1.29, 1.82) is 5.26 Å². The summed E-state index contributed by atoms with van der Waals surface area (Å²) in [6.45, 7) is 4.86. The van der Waals surface area contributed by atoms with Gasteiger partial charge in [0.25, 0.3) is 0 Å². The molecule has 0 amide bonds. The van der Waals surface area contributed by atoms with E-state index in [1.807, 2.05) is 19.9 Å². The van der Waals surface area contributed by atoms with Crippen molar-refractivity contribution in [3.05, 3.63) is 18.1 Å². The van der Waals surface area contributed by atoms with Gasteiger partial charge >= 0.3 is 0 Å². The highest BCUT2D eigenvalue weighted by molar-refractivity contribution is 5.18. The van der Waals surface area contributed by atoms with Crippen molar-refractivity contribution in [2.75, 3.05) is 13.2 Å². The Balaban J connectivity index is 2.29. The van der Waals surface area contributed by atoms with Gasteiger partial charge in [-0.25, -0.2) is 9.97 Å². The van der Waals surface area contributed by atoms with Gasteiger partial charge < -0.3 is 9.47 Å². The van der Waals surface area contributed by atoms with Crippen LogP contribution in [0, 0.1) is 11.3 Å². The number of nitriles is 1. The molecule has 80 valence electrons. The van der Waals surface area contributed by atoms with Gasteiger partial charge in [-0.05, 0) is 13.8 Å². The normalized spacial score (nSPS) is 10.0. The molecule has 0 aliphatic rings. The predicted octanol–water partition coefficient (Wildman–Crippen LogP) is 1.15. The van der Waals surface area contributed by atoms with Crippen LogP contribution in [0.4, 0.5) is 0 Å². The Bertz CT molecular complexity index is 330. The fourth-order valence-electron chi connectivity index (χ4n) is 0.879. The van der Waals surface area contributed by atoms with Gasteiger partial charge in [-0.3, -0.25) is 0 Å². The van der Waals surface area contributed by atoms with Gasteiger partial charge in [0.05, 0.1) is 25.1 Å². The minimum atomic E-state index is 0.195. The highest BCUT2D eigenvalue weighted by Gasteiger charge is 1.98. The van der Waals surface area contributed by atoms with Crippen molar-refractivity contribution >= 4 is 0 Å². The summed E-state index contributed by atoms with van der Waals surface area (Å²) >= 11 is 0. The van der Waals surface area contributed by atoms with E-state index in [0.717, 1.165) is 0 Å². The van der Waals surface area contributed by atoms with Gasteiger partial charge in [-0.15, -0.1) is 0 Å². The van der Waals surface area contributed by atoms with E-state index >= 15 is 0 Å². The van der Waals surface area contributed by atoms with Crippen molar-refractivity contribution in [3.8, 4) is 11.9 Å². The number of hydrogen-bond acceptors (Lipinski definition) is 5. The maximum absolute atomic E-state index is 8.49. The van der Waals surface area contributed by atoms with E-state index in [1.165, 1.54) is 12.4 Å². The Hall–Kier alpha value is -1.67. The van der Waals surface area contributed by atoms with Crippen LogP contribution in [0.3, 0.4) is 0 Å². The summed E-state index contributed by atoms with van der Waals surface area (Å²) in [5.41, 5.74) is 0.279. The molecule has 0 unspecified atom stereocenters. The van der Waals surface area contributed by atoms with Crippen molar-refractivity contribution in [1.82, 2.24) is 9.97 Å². The third kappa shape index (κ3) is 4.38. The molecule has 5 heteroatoms. The number of ether oxygens (including phenoxy) is 2. The molecule has 0 fully saturated rings. The smallest absolute Gasteiger partial charge is 0.232 e. The maximum Gasteiger partial charge on any atom is 0.232 e. The van der Waals surface area contributed by atoms with Gasteiger partial charge in [-0.1, -0.05) is 0 Å². The van der Waals surface area contributed by atoms with E-state index in [-0.39, 0.29) is 11.8 Å². The van der Waals surface area contributed by atoms with Crippen LogP contribution in [-0.2, 0) is 4.74 Å². The molecule has 0 aromatic carbocycles. The average Bonchev–Trinajstić information content (AvgIpc) is 2.25. The van der Waals surface area contributed by atoms with Gasteiger partial charge in [0.15, 0.2) is 5.69 Å². The number of nitrogens with zero attached hydrogens (tertiary/aromatic N) is 3. The SMILES string of the molecule is CC(C)OCCOc1cnc(C#N)cn1. The highest BCUT2D eigenvalue weighted by Crippen LogP contribution is 2.03. The second-order valence-corrected chi connectivity index (χ2v) is 3.12. The second-order valence-electron chi connectivity index (χ2n) is 3.12. The lowest BCUT2D eigenvalue weighted by molar-refractivity contribution is 0.0541. The van der Waals surface area contributed by atoms with Crippen LogP contribution in [0.25, 0.3) is 0 Å². The molecule has 0 saturated heterocycles. The lowest BCUT2D eigenvalue weighted by atomic mass is 10.5. The molecule has 0 aliphatic heterocycles. The van der Waals surface area contributed by atoms with Crippen LogP contribution in [0.1, 0.15) is 19.5 Å². The molecule has 0 radical (unpaired) electrons. The molecule has 0 aliphatic carbocycles. The molecule has 0 bridgehead atoms. The van der Waals surface area contributed by atoms with E-state index < -0.39 is 0 Å². The van der Waals surface area contributed by atoms with Crippen LogP contribution in [-0.4, -0.2) is 29.3 Å². The minimum absolute atomic E-state index is 0.195. The molecule has 5 nitrogen and oxygen atoms in total. The van der Waals surface area contributed by atoms with E-state index in [4.69, 9.17) is 14.7 Å². The van der Waals surface area contributed by atoms with Gasteiger partial charge in [0, 0.05) is 0 Å². The highest BCUT2D eigenvalue weighted by atomic mass is 16.5. The zero-order valence-electron chi connectivity index (χ0n) is 8.80. The molecular weight excluding hydrogens is 194 g/mol. The second kappa shape index (κ2) is 5.94. The number of aromatic nitrogens is 2. The minimum Gasteiger partial charge on any atom is -0.474 e. The molecule has 0 saturated carbocycles. The molecule has 1 rings (SSSR count). The Kier molecular flexibility index (Phi) is 4.51. The molecule has 1 aromatic heterocycles. The Morgan fingerprint density at radius 3 is 2.67 bits per heavy atom. The summed E-state index contributed by atoms with van der Waals surface area (Å²) in [7, 11) is 0. The predicted molar refractivity (Wildman–Crippen MR) is 53.3 cm³/mol. The monoisotopic (exact) mass is 207 g/mol. The number of hydrogen-bond donors (Lipinski definition) is 0. The van der Waals surface area contributed by atoms with Crippen LogP contribution in [0.5, 0.6) is 5.88 Å². The molecular formula is C10H13N3O2. The standard InChI is InChI=1S/C10H13N3O2/c1-8(2)14-3-4-15-10-7-12-9(5-11)6-13-10/h6-8H,3-4H2,1-2H3. The molecule has 0 spiro atoms. The molecule has 15 heavy (non-hydrogen) atoms. The lowest BCUT2D eigenvalue weighted by Gasteiger charge is -2.07. The Morgan fingerprint density at radius 1 is 1.33 bits per heavy atom. The first-order valence-electron chi connectivity index (χ1n) is 4.69. The van der Waals surface area contributed by atoms with Crippen molar-refractivity contribution in [3.63, 3.8) is 0 Å². The topological polar surface area (TPSA) is 68.0 Å². The Morgan fingerprint density at radius 2 is 2.13 bits per heavy atom.